The molecule has 0 saturated heterocycles. The standard InChI is InChI=1S/C14H19NO3/c1-9-4-5-11(18-3)10(8-9)12(15-2)14(6-7-14)13(16)17/h4-5,8,12,15H,6-7H2,1-3H3,(H,16,17). The van der Waals surface area contributed by atoms with E-state index in [0.717, 1.165) is 16.9 Å². The van der Waals surface area contributed by atoms with Crippen molar-refractivity contribution in [2.45, 2.75) is 25.8 Å². The number of benzene rings is 1. The normalized spacial score (nSPS) is 18.2. The predicted octanol–water partition coefficient (Wildman–Crippen LogP) is 2.13. The van der Waals surface area contributed by atoms with Crippen LogP contribution >= 0.6 is 0 Å². The maximum Gasteiger partial charge on any atom is 0.311 e. The lowest BCUT2D eigenvalue weighted by Gasteiger charge is -2.25. The van der Waals surface area contributed by atoms with Gasteiger partial charge in [0.25, 0.3) is 0 Å². The van der Waals surface area contributed by atoms with Gasteiger partial charge in [-0.2, -0.15) is 0 Å². The highest BCUT2D eigenvalue weighted by atomic mass is 16.5. The van der Waals surface area contributed by atoms with E-state index in [4.69, 9.17) is 4.74 Å². The van der Waals surface area contributed by atoms with Crippen molar-refractivity contribution in [2.75, 3.05) is 14.2 Å². The SMILES string of the molecule is CNC(c1cc(C)ccc1OC)C1(C(=O)O)CC1. The van der Waals surface area contributed by atoms with Crippen LogP contribution in [0.25, 0.3) is 0 Å². The van der Waals surface area contributed by atoms with E-state index < -0.39 is 11.4 Å². The zero-order chi connectivity index (χ0) is 13.3. The summed E-state index contributed by atoms with van der Waals surface area (Å²) in [6, 6.07) is 5.66. The van der Waals surface area contributed by atoms with Gasteiger partial charge in [0.2, 0.25) is 0 Å². The molecule has 0 spiro atoms. The molecule has 1 fully saturated rings. The second-order valence-corrected chi connectivity index (χ2v) is 4.93. The van der Waals surface area contributed by atoms with Crippen LogP contribution in [0.3, 0.4) is 0 Å². The fraction of sp³-hybridized carbons (Fsp3) is 0.500. The summed E-state index contributed by atoms with van der Waals surface area (Å²) in [5, 5.41) is 12.6. The van der Waals surface area contributed by atoms with Crippen LogP contribution in [0, 0.1) is 12.3 Å². The highest BCUT2D eigenvalue weighted by Crippen LogP contribution is 2.56. The van der Waals surface area contributed by atoms with E-state index in [1.165, 1.54) is 0 Å². The van der Waals surface area contributed by atoms with Gasteiger partial charge in [0.15, 0.2) is 0 Å². The fourth-order valence-corrected chi connectivity index (χ4v) is 2.57. The van der Waals surface area contributed by atoms with Crippen molar-refractivity contribution in [3.8, 4) is 5.75 Å². The Morgan fingerprint density at radius 3 is 2.61 bits per heavy atom. The highest BCUT2D eigenvalue weighted by molar-refractivity contribution is 5.79. The first-order chi connectivity index (χ1) is 8.55. The van der Waals surface area contributed by atoms with Gasteiger partial charge in [-0.1, -0.05) is 17.7 Å². The quantitative estimate of drug-likeness (QED) is 0.839. The Labute approximate surface area is 107 Å². The fourth-order valence-electron chi connectivity index (χ4n) is 2.57. The van der Waals surface area contributed by atoms with Crippen LogP contribution in [0.4, 0.5) is 0 Å². The molecule has 4 nitrogen and oxygen atoms in total. The lowest BCUT2D eigenvalue weighted by Crippen LogP contribution is -2.32. The Morgan fingerprint density at radius 1 is 1.50 bits per heavy atom. The molecule has 1 aromatic carbocycles. The monoisotopic (exact) mass is 249 g/mol. The van der Waals surface area contributed by atoms with Crippen LogP contribution in [0.1, 0.15) is 30.0 Å². The average Bonchev–Trinajstić information content (AvgIpc) is 3.12. The molecule has 0 aliphatic heterocycles. The van der Waals surface area contributed by atoms with Gasteiger partial charge >= 0.3 is 5.97 Å². The average molecular weight is 249 g/mol. The summed E-state index contributed by atoms with van der Waals surface area (Å²) in [5.41, 5.74) is 1.36. The van der Waals surface area contributed by atoms with Gasteiger partial charge in [-0.15, -0.1) is 0 Å². The second-order valence-electron chi connectivity index (χ2n) is 4.93. The summed E-state index contributed by atoms with van der Waals surface area (Å²) in [5.74, 6) is 0.0119. The van der Waals surface area contributed by atoms with Crippen molar-refractivity contribution in [3.63, 3.8) is 0 Å². The van der Waals surface area contributed by atoms with Crippen LogP contribution in [-0.4, -0.2) is 25.2 Å². The van der Waals surface area contributed by atoms with E-state index in [0.29, 0.717) is 12.8 Å². The van der Waals surface area contributed by atoms with Gasteiger partial charge in [-0.3, -0.25) is 4.79 Å². The molecule has 2 rings (SSSR count). The number of aliphatic carboxylic acids is 1. The second kappa shape index (κ2) is 4.61. The van der Waals surface area contributed by atoms with E-state index in [1.54, 1.807) is 14.2 Å². The lowest BCUT2D eigenvalue weighted by atomic mass is 9.89. The summed E-state index contributed by atoms with van der Waals surface area (Å²) in [4.78, 5) is 11.5. The zero-order valence-corrected chi connectivity index (χ0v) is 11.0. The molecular formula is C14H19NO3. The van der Waals surface area contributed by atoms with Crippen LogP contribution < -0.4 is 10.1 Å². The van der Waals surface area contributed by atoms with Crippen molar-refractivity contribution < 1.29 is 14.6 Å². The highest BCUT2D eigenvalue weighted by Gasteiger charge is 2.56. The first kappa shape index (κ1) is 12.9. The molecule has 1 aliphatic carbocycles. The Bertz CT molecular complexity index is 466. The summed E-state index contributed by atoms with van der Waals surface area (Å²) >= 11 is 0. The molecule has 1 unspecified atom stereocenters. The van der Waals surface area contributed by atoms with Gasteiger partial charge < -0.3 is 15.2 Å². The molecule has 1 aromatic rings. The number of nitrogens with one attached hydrogen (secondary N) is 1. The third-order valence-electron chi connectivity index (χ3n) is 3.75. The first-order valence-corrected chi connectivity index (χ1v) is 6.10. The molecule has 1 saturated carbocycles. The molecular weight excluding hydrogens is 230 g/mol. The Kier molecular flexibility index (Phi) is 3.30. The molecule has 1 atom stereocenters. The van der Waals surface area contributed by atoms with Crippen LogP contribution in [-0.2, 0) is 4.79 Å². The van der Waals surface area contributed by atoms with Gasteiger partial charge in [-0.25, -0.2) is 0 Å². The molecule has 0 amide bonds. The van der Waals surface area contributed by atoms with E-state index in [1.807, 2.05) is 25.1 Å². The minimum absolute atomic E-state index is 0.204. The number of aryl methyl sites for hydroxylation is 1. The molecule has 0 heterocycles. The number of carboxylic acid groups (broad SMARTS) is 1. The van der Waals surface area contributed by atoms with E-state index >= 15 is 0 Å². The summed E-state index contributed by atoms with van der Waals surface area (Å²) in [6.45, 7) is 2.00. The molecule has 18 heavy (non-hydrogen) atoms. The van der Waals surface area contributed by atoms with Crippen molar-refractivity contribution in [3.05, 3.63) is 29.3 Å². The minimum Gasteiger partial charge on any atom is -0.496 e. The van der Waals surface area contributed by atoms with E-state index in [-0.39, 0.29) is 6.04 Å². The molecule has 0 radical (unpaired) electrons. The number of rotatable bonds is 5. The predicted molar refractivity (Wildman–Crippen MR) is 68.8 cm³/mol. The number of methoxy groups -OCH3 is 1. The van der Waals surface area contributed by atoms with Crippen molar-refractivity contribution in [2.24, 2.45) is 5.41 Å². The summed E-state index contributed by atoms with van der Waals surface area (Å²) in [7, 11) is 3.41. The Balaban J connectivity index is 2.45. The summed E-state index contributed by atoms with van der Waals surface area (Å²) in [6.07, 6.45) is 1.43. The molecule has 0 bridgehead atoms. The number of hydrogen-bond acceptors (Lipinski definition) is 3. The topological polar surface area (TPSA) is 58.6 Å². The third kappa shape index (κ3) is 1.97. The van der Waals surface area contributed by atoms with Gasteiger partial charge in [0, 0.05) is 5.56 Å². The Morgan fingerprint density at radius 2 is 2.17 bits per heavy atom. The van der Waals surface area contributed by atoms with Crippen LogP contribution in [0.2, 0.25) is 0 Å². The number of ether oxygens (including phenoxy) is 1. The van der Waals surface area contributed by atoms with Crippen LogP contribution in [0.5, 0.6) is 5.75 Å². The lowest BCUT2D eigenvalue weighted by molar-refractivity contribution is -0.144. The van der Waals surface area contributed by atoms with E-state index in [2.05, 4.69) is 5.32 Å². The number of carboxylic acids is 1. The Hall–Kier alpha value is -1.55. The maximum atomic E-state index is 11.5. The first-order valence-electron chi connectivity index (χ1n) is 6.10. The number of hydrogen-bond donors (Lipinski definition) is 2. The minimum atomic E-state index is -0.731. The van der Waals surface area contributed by atoms with Crippen molar-refractivity contribution in [1.29, 1.82) is 0 Å². The van der Waals surface area contributed by atoms with Crippen molar-refractivity contribution in [1.82, 2.24) is 5.32 Å². The summed E-state index contributed by atoms with van der Waals surface area (Å²) < 4.78 is 5.35. The van der Waals surface area contributed by atoms with Crippen LogP contribution in [0.15, 0.2) is 18.2 Å². The largest absolute Gasteiger partial charge is 0.496 e. The number of carbonyl (C=O) groups is 1. The van der Waals surface area contributed by atoms with E-state index in [9.17, 15) is 9.90 Å². The zero-order valence-electron chi connectivity index (χ0n) is 11.0. The maximum absolute atomic E-state index is 11.5. The van der Waals surface area contributed by atoms with Gasteiger partial charge in [0.1, 0.15) is 5.75 Å². The smallest absolute Gasteiger partial charge is 0.311 e. The molecule has 98 valence electrons. The molecule has 1 aliphatic rings. The molecule has 2 N–H and O–H groups in total. The van der Waals surface area contributed by atoms with Crippen molar-refractivity contribution >= 4 is 5.97 Å². The van der Waals surface area contributed by atoms with Gasteiger partial charge in [-0.05, 0) is 32.9 Å². The third-order valence-corrected chi connectivity index (χ3v) is 3.75. The molecule has 4 heteroatoms. The van der Waals surface area contributed by atoms with Gasteiger partial charge in [0.05, 0.1) is 18.6 Å². The molecule has 0 aromatic heterocycles.